The fourth-order valence-corrected chi connectivity index (χ4v) is 1.89. The van der Waals surface area contributed by atoms with Crippen molar-refractivity contribution in [3.8, 4) is 0 Å². The first-order chi connectivity index (χ1) is 7.08. The number of carbonyl (C=O) groups is 1. The molecule has 1 aliphatic heterocycles. The van der Waals surface area contributed by atoms with E-state index < -0.39 is 6.10 Å². The molecule has 5 heteroatoms. The van der Waals surface area contributed by atoms with Gasteiger partial charge in [-0.15, -0.1) is 0 Å². The number of hydrogen-bond acceptors (Lipinski definition) is 3. The second-order valence-electron chi connectivity index (χ2n) is 3.60. The van der Waals surface area contributed by atoms with Gasteiger partial charge in [0.25, 0.3) is 0 Å². The first-order valence-electron chi connectivity index (χ1n) is 4.69. The SMILES string of the molecule is Cc1nc(N2CC(O)CC2=O)ccc1I. The number of pyridine rings is 1. The van der Waals surface area contributed by atoms with E-state index >= 15 is 0 Å². The summed E-state index contributed by atoms with van der Waals surface area (Å²) in [5.41, 5.74) is 0.905. The molecular weight excluding hydrogens is 307 g/mol. The molecule has 80 valence electrons. The van der Waals surface area contributed by atoms with Crippen molar-refractivity contribution in [3.05, 3.63) is 21.4 Å². The van der Waals surface area contributed by atoms with E-state index in [9.17, 15) is 9.90 Å². The minimum atomic E-state index is -0.557. The highest BCUT2D eigenvalue weighted by Gasteiger charge is 2.29. The van der Waals surface area contributed by atoms with Crippen molar-refractivity contribution in [1.29, 1.82) is 0 Å². The van der Waals surface area contributed by atoms with E-state index in [0.717, 1.165) is 9.26 Å². The molecule has 1 aromatic heterocycles. The topological polar surface area (TPSA) is 53.4 Å². The van der Waals surface area contributed by atoms with Gasteiger partial charge in [-0.3, -0.25) is 9.69 Å². The van der Waals surface area contributed by atoms with Gasteiger partial charge in [-0.25, -0.2) is 4.98 Å². The number of anilines is 1. The van der Waals surface area contributed by atoms with E-state index in [1.165, 1.54) is 4.90 Å². The Hall–Kier alpha value is -0.690. The predicted molar refractivity (Wildman–Crippen MR) is 64.7 cm³/mol. The number of β-amino-alcohol motifs (C(OH)–C–C–N with tert-alkyl or cyclic N) is 1. The molecule has 1 saturated heterocycles. The monoisotopic (exact) mass is 318 g/mol. The lowest BCUT2D eigenvalue weighted by molar-refractivity contribution is -0.117. The molecule has 2 heterocycles. The average Bonchev–Trinajstić information content (AvgIpc) is 2.50. The van der Waals surface area contributed by atoms with Gasteiger partial charge in [-0.1, -0.05) is 0 Å². The van der Waals surface area contributed by atoms with Crippen LogP contribution in [0.3, 0.4) is 0 Å². The summed E-state index contributed by atoms with van der Waals surface area (Å²) in [6, 6.07) is 3.74. The summed E-state index contributed by atoms with van der Waals surface area (Å²) in [6.45, 7) is 2.26. The predicted octanol–water partition coefficient (Wildman–Crippen LogP) is 1.09. The smallest absolute Gasteiger partial charge is 0.230 e. The van der Waals surface area contributed by atoms with Crippen molar-refractivity contribution in [3.63, 3.8) is 0 Å². The normalized spacial score (nSPS) is 21.1. The van der Waals surface area contributed by atoms with Gasteiger partial charge < -0.3 is 5.11 Å². The van der Waals surface area contributed by atoms with Crippen LogP contribution in [-0.2, 0) is 4.79 Å². The highest BCUT2D eigenvalue weighted by atomic mass is 127. The van der Waals surface area contributed by atoms with Crippen LogP contribution in [0.25, 0.3) is 0 Å². The fourth-order valence-electron chi connectivity index (χ4n) is 1.59. The zero-order chi connectivity index (χ0) is 11.0. The van der Waals surface area contributed by atoms with E-state index in [2.05, 4.69) is 27.6 Å². The number of carbonyl (C=O) groups excluding carboxylic acids is 1. The first-order valence-corrected chi connectivity index (χ1v) is 5.77. The Morgan fingerprint density at radius 1 is 1.60 bits per heavy atom. The molecule has 1 fully saturated rings. The molecule has 0 bridgehead atoms. The highest BCUT2D eigenvalue weighted by molar-refractivity contribution is 14.1. The molecule has 1 N–H and O–H groups in total. The molecular formula is C10H11IN2O2. The van der Waals surface area contributed by atoms with Crippen molar-refractivity contribution in [2.45, 2.75) is 19.4 Å². The van der Waals surface area contributed by atoms with Gasteiger partial charge in [0.15, 0.2) is 0 Å². The van der Waals surface area contributed by atoms with E-state index in [1.807, 2.05) is 19.1 Å². The van der Waals surface area contributed by atoms with Gasteiger partial charge in [0, 0.05) is 3.57 Å². The molecule has 4 nitrogen and oxygen atoms in total. The van der Waals surface area contributed by atoms with Crippen molar-refractivity contribution in [2.24, 2.45) is 0 Å². The summed E-state index contributed by atoms with van der Waals surface area (Å²) in [4.78, 5) is 17.4. The zero-order valence-electron chi connectivity index (χ0n) is 8.27. The lowest BCUT2D eigenvalue weighted by Crippen LogP contribution is -2.26. The number of aliphatic hydroxyl groups excluding tert-OH is 1. The Morgan fingerprint density at radius 2 is 2.33 bits per heavy atom. The highest BCUT2D eigenvalue weighted by Crippen LogP contribution is 2.21. The summed E-state index contributed by atoms with van der Waals surface area (Å²) in [7, 11) is 0. The largest absolute Gasteiger partial charge is 0.391 e. The van der Waals surface area contributed by atoms with Crippen LogP contribution in [0.2, 0.25) is 0 Å². The number of nitrogens with zero attached hydrogens (tertiary/aromatic N) is 2. The maximum atomic E-state index is 11.5. The number of amides is 1. The second-order valence-corrected chi connectivity index (χ2v) is 4.76. The fraction of sp³-hybridized carbons (Fsp3) is 0.400. The van der Waals surface area contributed by atoms with Crippen LogP contribution < -0.4 is 4.90 Å². The Kier molecular flexibility index (Phi) is 2.92. The molecule has 15 heavy (non-hydrogen) atoms. The van der Waals surface area contributed by atoms with Crippen LogP contribution in [0, 0.1) is 10.5 Å². The van der Waals surface area contributed by atoms with E-state index in [-0.39, 0.29) is 12.3 Å². The van der Waals surface area contributed by atoms with E-state index in [0.29, 0.717) is 12.4 Å². The van der Waals surface area contributed by atoms with Crippen LogP contribution in [-0.4, -0.2) is 28.6 Å². The zero-order valence-corrected chi connectivity index (χ0v) is 10.4. The summed E-state index contributed by atoms with van der Waals surface area (Å²) in [6.07, 6.45) is -0.355. The summed E-state index contributed by atoms with van der Waals surface area (Å²) in [5, 5.41) is 9.36. The molecule has 0 aromatic carbocycles. The van der Waals surface area contributed by atoms with E-state index in [1.54, 1.807) is 0 Å². The van der Waals surface area contributed by atoms with Gasteiger partial charge in [-0.2, -0.15) is 0 Å². The third kappa shape index (κ3) is 2.12. The molecule has 1 aliphatic rings. The molecule has 0 aliphatic carbocycles. The molecule has 1 aromatic rings. The number of rotatable bonds is 1. The van der Waals surface area contributed by atoms with Crippen molar-refractivity contribution in [2.75, 3.05) is 11.4 Å². The molecule has 2 rings (SSSR count). The maximum absolute atomic E-state index is 11.5. The van der Waals surface area contributed by atoms with Crippen LogP contribution in [0.15, 0.2) is 12.1 Å². The lowest BCUT2D eigenvalue weighted by Gasteiger charge is -2.15. The molecule has 0 radical (unpaired) electrons. The standard InChI is InChI=1S/C10H11IN2O2/c1-6-8(11)2-3-9(12-6)13-5-7(14)4-10(13)15/h2-3,7,14H,4-5H2,1H3. The first kappa shape index (κ1) is 10.8. The molecule has 0 saturated carbocycles. The van der Waals surface area contributed by atoms with Gasteiger partial charge in [-0.05, 0) is 41.6 Å². The summed E-state index contributed by atoms with van der Waals surface area (Å²) >= 11 is 2.20. The van der Waals surface area contributed by atoms with Gasteiger partial charge in [0.05, 0.1) is 24.8 Å². The second kappa shape index (κ2) is 4.05. The Balaban J connectivity index is 2.30. The van der Waals surface area contributed by atoms with Crippen molar-refractivity contribution in [1.82, 2.24) is 4.98 Å². The van der Waals surface area contributed by atoms with Gasteiger partial charge >= 0.3 is 0 Å². The maximum Gasteiger partial charge on any atom is 0.230 e. The van der Waals surface area contributed by atoms with Crippen LogP contribution >= 0.6 is 22.6 Å². The number of aryl methyl sites for hydroxylation is 1. The Bertz CT molecular complexity index is 408. The average molecular weight is 318 g/mol. The summed E-state index contributed by atoms with van der Waals surface area (Å²) in [5.74, 6) is 0.574. The van der Waals surface area contributed by atoms with E-state index in [4.69, 9.17) is 0 Å². The molecule has 1 amide bonds. The molecule has 1 atom stereocenters. The van der Waals surface area contributed by atoms with Crippen LogP contribution in [0.5, 0.6) is 0 Å². The van der Waals surface area contributed by atoms with Gasteiger partial charge in [0.2, 0.25) is 5.91 Å². The number of halogens is 1. The Morgan fingerprint density at radius 3 is 2.87 bits per heavy atom. The number of hydrogen-bond donors (Lipinski definition) is 1. The van der Waals surface area contributed by atoms with Crippen molar-refractivity contribution >= 4 is 34.3 Å². The third-order valence-electron chi connectivity index (χ3n) is 2.39. The molecule has 1 unspecified atom stereocenters. The molecule has 0 spiro atoms. The Labute approximate surface area is 101 Å². The summed E-state index contributed by atoms with van der Waals surface area (Å²) < 4.78 is 1.07. The lowest BCUT2D eigenvalue weighted by atomic mass is 10.3. The van der Waals surface area contributed by atoms with Crippen LogP contribution in [0.4, 0.5) is 5.82 Å². The minimum Gasteiger partial charge on any atom is -0.391 e. The minimum absolute atomic E-state index is 0.0596. The van der Waals surface area contributed by atoms with Crippen molar-refractivity contribution < 1.29 is 9.90 Å². The quantitative estimate of drug-likeness (QED) is 0.789. The number of aromatic nitrogens is 1. The third-order valence-corrected chi connectivity index (χ3v) is 3.53. The number of aliphatic hydroxyl groups is 1. The van der Waals surface area contributed by atoms with Crippen LogP contribution in [0.1, 0.15) is 12.1 Å². The van der Waals surface area contributed by atoms with Gasteiger partial charge in [0.1, 0.15) is 5.82 Å².